The Morgan fingerprint density at radius 3 is 2.87 bits per heavy atom. The molecule has 1 aromatic carbocycles. The molecule has 0 saturated carbocycles. The maximum absolute atomic E-state index is 12.4. The van der Waals surface area contributed by atoms with E-state index in [1.54, 1.807) is 0 Å². The van der Waals surface area contributed by atoms with Gasteiger partial charge in [0.05, 0.1) is 6.04 Å². The van der Waals surface area contributed by atoms with E-state index in [-0.39, 0.29) is 24.4 Å². The number of hydrogen-bond donors (Lipinski definition) is 2. The zero-order chi connectivity index (χ0) is 15.9. The summed E-state index contributed by atoms with van der Waals surface area (Å²) >= 11 is 6.05. The van der Waals surface area contributed by atoms with Crippen LogP contribution < -0.4 is 10.6 Å². The van der Waals surface area contributed by atoms with Crippen molar-refractivity contribution in [2.75, 3.05) is 13.1 Å². The van der Waals surface area contributed by atoms with Gasteiger partial charge in [0.1, 0.15) is 0 Å². The van der Waals surface area contributed by atoms with E-state index in [2.05, 4.69) is 24.5 Å². The van der Waals surface area contributed by atoms with Crippen LogP contribution in [-0.4, -0.2) is 19.0 Å². The van der Waals surface area contributed by atoms with E-state index in [0.29, 0.717) is 23.3 Å². The highest BCUT2D eigenvalue weighted by Crippen LogP contribution is 2.24. The van der Waals surface area contributed by atoms with Crippen LogP contribution >= 0.6 is 24.0 Å². The van der Waals surface area contributed by atoms with Crippen molar-refractivity contribution in [1.82, 2.24) is 10.6 Å². The van der Waals surface area contributed by atoms with E-state index >= 15 is 0 Å². The van der Waals surface area contributed by atoms with Gasteiger partial charge in [0.2, 0.25) is 5.91 Å². The summed E-state index contributed by atoms with van der Waals surface area (Å²) in [5.74, 6) is 1.18. The molecule has 1 heterocycles. The Bertz CT molecular complexity index is 490. The molecule has 1 aliphatic rings. The first-order chi connectivity index (χ1) is 10.6. The van der Waals surface area contributed by atoms with Gasteiger partial charge in [0, 0.05) is 11.4 Å². The van der Waals surface area contributed by atoms with E-state index in [0.717, 1.165) is 25.1 Å². The minimum absolute atomic E-state index is 0. The lowest BCUT2D eigenvalue weighted by Crippen LogP contribution is -2.36. The van der Waals surface area contributed by atoms with Gasteiger partial charge in [0.25, 0.3) is 0 Å². The summed E-state index contributed by atoms with van der Waals surface area (Å²) in [6.45, 7) is 6.43. The topological polar surface area (TPSA) is 41.1 Å². The van der Waals surface area contributed by atoms with Crippen LogP contribution in [0.4, 0.5) is 0 Å². The molecule has 1 fully saturated rings. The molecule has 0 radical (unpaired) electrons. The summed E-state index contributed by atoms with van der Waals surface area (Å²) in [6.07, 6.45) is 3.92. The largest absolute Gasteiger partial charge is 0.349 e. The zero-order valence-electron chi connectivity index (χ0n) is 14.0. The highest BCUT2D eigenvalue weighted by Gasteiger charge is 2.23. The van der Waals surface area contributed by atoms with Crippen molar-refractivity contribution in [3.8, 4) is 0 Å². The average Bonchev–Trinajstić information content (AvgIpc) is 2.53. The summed E-state index contributed by atoms with van der Waals surface area (Å²) in [4.78, 5) is 12.4. The lowest BCUT2D eigenvalue weighted by atomic mass is 9.85. The molecular formula is C18H28Cl2N2O. The first-order valence-electron chi connectivity index (χ1n) is 8.35. The quantitative estimate of drug-likeness (QED) is 0.793. The molecule has 1 aliphatic heterocycles. The number of nitrogens with one attached hydrogen (secondary N) is 2. The van der Waals surface area contributed by atoms with E-state index in [1.165, 1.54) is 12.8 Å². The molecule has 1 amide bonds. The maximum Gasteiger partial charge on any atom is 0.220 e. The average molecular weight is 359 g/mol. The number of halogens is 2. The van der Waals surface area contributed by atoms with Crippen LogP contribution in [0.3, 0.4) is 0 Å². The van der Waals surface area contributed by atoms with Crippen molar-refractivity contribution in [2.45, 2.75) is 45.6 Å². The van der Waals surface area contributed by atoms with Crippen molar-refractivity contribution in [1.29, 1.82) is 0 Å². The molecule has 0 bridgehead atoms. The van der Waals surface area contributed by atoms with Gasteiger partial charge in [-0.3, -0.25) is 4.79 Å². The molecular weight excluding hydrogens is 331 g/mol. The maximum atomic E-state index is 12.4. The summed E-state index contributed by atoms with van der Waals surface area (Å²) < 4.78 is 0. The van der Waals surface area contributed by atoms with Crippen molar-refractivity contribution in [3.63, 3.8) is 0 Å². The van der Waals surface area contributed by atoms with Gasteiger partial charge in [-0.05, 0) is 61.9 Å². The smallest absolute Gasteiger partial charge is 0.220 e. The third kappa shape index (κ3) is 6.33. The van der Waals surface area contributed by atoms with Crippen LogP contribution in [0.5, 0.6) is 0 Å². The SMILES string of the molecule is CCC(NC(=O)CC(C)C1CCCNC1)c1cccc(Cl)c1.Cl. The van der Waals surface area contributed by atoms with Crippen LogP contribution in [0.25, 0.3) is 0 Å². The van der Waals surface area contributed by atoms with Crippen molar-refractivity contribution in [3.05, 3.63) is 34.9 Å². The fourth-order valence-corrected chi connectivity index (χ4v) is 3.42. The molecule has 1 saturated heterocycles. The fourth-order valence-electron chi connectivity index (χ4n) is 3.22. The van der Waals surface area contributed by atoms with Crippen LogP contribution in [-0.2, 0) is 4.79 Å². The second-order valence-electron chi connectivity index (χ2n) is 6.37. The van der Waals surface area contributed by atoms with Gasteiger partial charge in [-0.1, -0.05) is 37.6 Å². The Balaban J connectivity index is 0.00000264. The number of hydrogen-bond acceptors (Lipinski definition) is 2. The van der Waals surface area contributed by atoms with Crippen LogP contribution in [0, 0.1) is 11.8 Å². The first kappa shape index (κ1) is 20.3. The number of carbonyl (C=O) groups is 1. The minimum atomic E-state index is 0. The lowest BCUT2D eigenvalue weighted by Gasteiger charge is -2.28. The second-order valence-corrected chi connectivity index (χ2v) is 6.81. The van der Waals surface area contributed by atoms with Gasteiger partial charge in [0.15, 0.2) is 0 Å². The molecule has 130 valence electrons. The summed E-state index contributed by atoms with van der Waals surface area (Å²) in [5, 5.41) is 7.30. The molecule has 3 unspecified atom stereocenters. The zero-order valence-corrected chi connectivity index (χ0v) is 15.6. The van der Waals surface area contributed by atoms with Gasteiger partial charge in [-0.2, -0.15) is 0 Å². The molecule has 0 aromatic heterocycles. The number of rotatable bonds is 6. The molecule has 0 spiro atoms. The van der Waals surface area contributed by atoms with E-state index in [9.17, 15) is 4.79 Å². The number of benzene rings is 1. The monoisotopic (exact) mass is 358 g/mol. The molecule has 2 N–H and O–H groups in total. The highest BCUT2D eigenvalue weighted by atomic mass is 35.5. The molecule has 1 aromatic rings. The van der Waals surface area contributed by atoms with Crippen molar-refractivity contribution < 1.29 is 4.79 Å². The standard InChI is InChI=1S/C18H27ClN2O.ClH/c1-3-17(14-6-4-8-16(19)11-14)21-18(22)10-13(2)15-7-5-9-20-12-15;/h4,6,8,11,13,15,17,20H,3,5,7,9-10,12H2,1-2H3,(H,21,22);1H. The normalized spacial score (nSPS) is 20.2. The predicted molar refractivity (Wildman–Crippen MR) is 99.2 cm³/mol. The second kappa shape index (κ2) is 10.2. The van der Waals surface area contributed by atoms with Crippen molar-refractivity contribution in [2.24, 2.45) is 11.8 Å². The third-order valence-corrected chi connectivity index (χ3v) is 4.88. The summed E-state index contributed by atoms with van der Waals surface area (Å²) in [6, 6.07) is 7.79. The molecule has 5 heteroatoms. The van der Waals surface area contributed by atoms with Crippen LogP contribution in [0.1, 0.15) is 51.1 Å². The van der Waals surface area contributed by atoms with E-state index in [4.69, 9.17) is 11.6 Å². The van der Waals surface area contributed by atoms with Crippen LogP contribution in [0.2, 0.25) is 5.02 Å². The Kier molecular flexibility index (Phi) is 8.96. The highest BCUT2D eigenvalue weighted by molar-refractivity contribution is 6.30. The molecule has 2 rings (SSSR count). The van der Waals surface area contributed by atoms with E-state index < -0.39 is 0 Å². The lowest BCUT2D eigenvalue weighted by molar-refractivity contribution is -0.123. The Morgan fingerprint density at radius 1 is 1.48 bits per heavy atom. The van der Waals surface area contributed by atoms with Crippen LogP contribution in [0.15, 0.2) is 24.3 Å². The van der Waals surface area contributed by atoms with Gasteiger partial charge in [-0.25, -0.2) is 0 Å². The molecule has 0 aliphatic carbocycles. The number of amides is 1. The van der Waals surface area contributed by atoms with E-state index in [1.807, 2.05) is 24.3 Å². The van der Waals surface area contributed by atoms with Gasteiger partial charge >= 0.3 is 0 Å². The Hall–Kier alpha value is -0.770. The first-order valence-corrected chi connectivity index (χ1v) is 8.73. The Labute approximate surface area is 151 Å². The van der Waals surface area contributed by atoms with Gasteiger partial charge < -0.3 is 10.6 Å². The van der Waals surface area contributed by atoms with Gasteiger partial charge in [-0.15, -0.1) is 12.4 Å². The number of carbonyl (C=O) groups excluding carboxylic acids is 1. The molecule has 23 heavy (non-hydrogen) atoms. The summed E-state index contributed by atoms with van der Waals surface area (Å²) in [7, 11) is 0. The summed E-state index contributed by atoms with van der Waals surface area (Å²) in [5.41, 5.74) is 1.08. The Morgan fingerprint density at radius 2 is 2.26 bits per heavy atom. The number of piperidine rings is 1. The van der Waals surface area contributed by atoms with Crippen molar-refractivity contribution >= 4 is 29.9 Å². The molecule has 3 nitrogen and oxygen atoms in total. The molecule has 3 atom stereocenters. The third-order valence-electron chi connectivity index (χ3n) is 4.64. The fraction of sp³-hybridized carbons (Fsp3) is 0.611. The predicted octanol–water partition coefficient (Wildman–Crippen LogP) is 4.35. The minimum Gasteiger partial charge on any atom is -0.349 e.